The molecule has 1 saturated heterocycles. The predicted molar refractivity (Wildman–Crippen MR) is 78.0 cm³/mol. The lowest BCUT2D eigenvalue weighted by Crippen LogP contribution is -2.42. The molecular formula is C14H21BrN2O. The van der Waals surface area contributed by atoms with Gasteiger partial charge in [-0.15, -0.1) is 0 Å². The van der Waals surface area contributed by atoms with Crippen molar-refractivity contribution in [3.63, 3.8) is 0 Å². The number of ether oxygens (including phenoxy) is 1. The highest BCUT2D eigenvalue weighted by atomic mass is 79.9. The van der Waals surface area contributed by atoms with E-state index in [9.17, 15) is 0 Å². The van der Waals surface area contributed by atoms with Crippen LogP contribution in [0.4, 0.5) is 5.69 Å². The number of aryl methyl sites for hydroxylation is 1. The summed E-state index contributed by atoms with van der Waals surface area (Å²) in [5.74, 6) is 0. The van der Waals surface area contributed by atoms with E-state index >= 15 is 0 Å². The summed E-state index contributed by atoms with van der Waals surface area (Å²) in [6.45, 7) is 7.26. The molecular weight excluding hydrogens is 292 g/mol. The number of anilines is 1. The van der Waals surface area contributed by atoms with E-state index in [1.807, 2.05) is 13.0 Å². The molecule has 2 unspecified atom stereocenters. The van der Waals surface area contributed by atoms with Crippen molar-refractivity contribution in [1.82, 2.24) is 4.98 Å². The second kappa shape index (κ2) is 5.57. The molecule has 100 valence electrons. The van der Waals surface area contributed by atoms with Gasteiger partial charge in [-0.1, -0.05) is 6.92 Å². The summed E-state index contributed by atoms with van der Waals surface area (Å²) in [6.07, 6.45) is 3.17. The molecule has 1 aromatic rings. The van der Waals surface area contributed by atoms with Gasteiger partial charge in [0, 0.05) is 12.6 Å². The van der Waals surface area contributed by atoms with Crippen molar-refractivity contribution < 1.29 is 4.74 Å². The third kappa shape index (κ3) is 3.23. The first-order valence-electron chi connectivity index (χ1n) is 6.56. The molecule has 1 aromatic heterocycles. The van der Waals surface area contributed by atoms with Gasteiger partial charge in [-0.2, -0.15) is 0 Å². The molecule has 0 bridgehead atoms. The maximum absolute atomic E-state index is 5.87. The second-order valence-electron chi connectivity index (χ2n) is 5.25. The molecule has 0 saturated carbocycles. The lowest BCUT2D eigenvalue weighted by molar-refractivity contribution is -0.0708. The maximum Gasteiger partial charge on any atom is 0.106 e. The number of rotatable bonds is 3. The van der Waals surface area contributed by atoms with Crippen LogP contribution in [0.25, 0.3) is 0 Å². The molecule has 18 heavy (non-hydrogen) atoms. The highest BCUT2D eigenvalue weighted by Crippen LogP contribution is 2.30. The molecule has 1 aliphatic heterocycles. The van der Waals surface area contributed by atoms with Gasteiger partial charge in [-0.25, -0.2) is 4.98 Å². The van der Waals surface area contributed by atoms with Crippen molar-refractivity contribution in [3.05, 3.63) is 22.4 Å². The molecule has 1 aliphatic rings. The average molecular weight is 313 g/mol. The Balaban J connectivity index is 2.05. The van der Waals surface area contributed by atoms with Gasteiger partial charge in [-0.3, -0.25) is 0 Å². The van der Waals surface area contributed by atoms with Gasteiger partial charge in [0.2, 0.25) is 0 Å². The number of aromatic nitrogens is 1. The van der Waals surface area contributed by atoms with E-state index < -0.39 is 0 Å². The van der Waals surface area contributed by atoms with Crippen molar-refractivity contribution in [2.24, 2.45) is 0 Å². The molecule has 0 amide bonds. The van der Waals surface area contributed by atoms with Crippen LogP contribution in [0.15, 0.2) is 16.7 Å². The number of nitrogens with zero attached hydrogens (tertiary/aromatic N) is 1. The Labute approximate surface area is 117 Å². The topological polar surface area (TPSA) is 34.2 Å². The van der Waals surface area contributed by atoms with E-state index in [2.05, 4.69) is 46.1 Å². The Kier molecular flexibility index (Phi) is 4.28. The molecule has 0 radical (unpaired) electrons. The van der Waals surface area contributed by atoms with E-state index in [-0.39, 0.29) is 5.60 Å². The smallest absolute Gasteiger partial charge is 0.106 e. The van der Waals surface area contributed by atoms with Crippen LogP contribution in [0.2, 0.25) is 0 Å². The summed E-state index contributed by atoms with van der Waals surface area (Å²) in [7, 11) is 0. The van der Waals surface area contributed by atoms with Crippen molar-refractivity contribution in [2.45, 2.75) is 51.7 Å². The zero-order valence-corrected chi connectivity index (χ0v) is 12.9. The number of pyridine rings is 1. The van der Waals surface area contributed by atoms with Crippen LogP contribution in [-0.4, -0.2) is 23.2 Å². The van der Waals surface area contributed by atoms with Crippen molar-refractivity contribution >= 4 is 21.6 Å². The SMILES string of the molecule is CCC1(C)CC(Nc2ccc(Br)nc2C)CCO1. The standard InChI is InChI=1S/C14H21BrN2O/c1-4-14(3)9-11(7-8-18-14)17-12-5-6-13(15)16-10(12)2/h5-6,11,17H,4,7-9H2,1-3H3. The average Bonchev–Trinajstić information content (AvgIpc) is 2.33. The Bertz CT molecular complexity index is 424. The molecule has 1 fully saturated rings. The van der Waals surface area contributed by atoms with E-state index in [0.29, 0.717) is 6.04 Å². The summed E-state index contributed by atoms with van der Waals surface area (Å²) < 4.78 is 6.75. The van der Waals surface area contributed by atoms with Crippen LogP contribution in [-0.2, 0) is 4.74 Å². The Morgan fingerprint density at radius 1 is 1.56 bits per heavy atom. The van der Waals surface area contributed by atoms with E-state index in [1.54, 1.807) is 0 Å². The Morgan fingerprint density at radius 3 is 3.00 bits per heavy atom. The van der Waals surface area contributed by atoms with Gasteiger partial charge in [-0.05, 0) is 61.2 Å². The zero-order valence-electron chi connectivity index (χ0n) is 11.3. The molecule has 0 aromatic carbocycles. The predicted octanol–water partition coefficient (Wildman–Crippen LogP) is 3.91. The van der Waals surface area contributed by atoms with Crippen molar-refractivity contribution in [1.29, 1.82) is 0 Å². The van der Waals surface area contributed by atoms with Crippen molar-refractivity contribution in [2.75, 3.05) is 11.9 Å². The number of nitrogens with one attached hydrogen (secondary N) is 1. The van der Waals surface area contributed by atoms with E-state index in [4.69, 9.17) is 4.74 Å². The first kappa shape index (κ1) is 13.8. The third-order valence-corrected chi connectivity index (χ3v) is 4.20. The number of hydrogen-bond acceptors (Lipinski definition) is 3. The van der Waals surface area contributed by atoms with Gasteiger partial charge in [0.05, 0.1) is 17.0 Å². The number of halogens is 1. The Morgan fingerprint density at radius 2 is 2.33 bits per heavy atom. The Hall–Kier alpha value is -0.610. The molecule has 0 spiro atoms. The largest absolute Gasteiger partial charge is 0.381 e. The minimum Gasteiger partial charge on any atom is -0.381 e. The van der Waals surface area contributed by atoms with E-state index in [1.165, 1.54) is 0 Å². The highest BCUT2D eigenvalue weighted by Gasteiger charge is 2.31. The van der Waals surface area contributed by atoms with Crippen LogP contribution >= 0.6 is 15.9 Å². The summed E-state index contributed by atoms with van der Waals surface area (Å²) >= 11 is 3.39. The second-order valence-corrected chi connectivity index (χ2v) is 6.07. The minimum absolute atomic E-state index is 0.0205. The van der Waals surface area contributed by atoms with Crippen LogP contribution < -0.4 is 5.32 Å². The molecule has 4 heteroatoms. The molecule has 1 N–H and O–H groups in total. The van der Waals surface area contributed by atoms with Crippen LogP contribution in [0, 0.1) is 6.92 Å². The summed E-state index contributed by atoms with van der Waals surface area (Å²) in [4.78, 5) is 4.42. The maximum atomic E-state index is 5.87. The van der Waals surface area contributed by atoms with Gasteiger partial charge >= 0.3 is 0 Å². The summed E-state index contributed by atoms with van der Waals surface area (Å²) in [5, 5.41) is 3.60. The fourth-order valence-electron chi connectivity index (χ4n) is 2.40. The first-order valence-corrected chi connectivity index (χ1v) is 7.35. The molecule has 0 aliphatic carbocycles. The molecule has 2 heterocycles. The minimum atomic E-state index is 0.0205. The fraction of sp³-hybridized carbons (Fsp3) is 0.643. The summed E-state index contributed by atoms with van der Waals surface area (Å²) in [6, 6.07) is 4.55. The van der Waals surface area contributed by atoms with Gasteiger partial charge in [0.25, 0.3) is 0 Å². The number of hydrogen-bond donors (Lipinski definition) is 1. The molecule has 2 atom stereocenters. The first-order chi connectivity index (χ1) is 8.52. The third-order valence-electron chi connectivity index (χ3n) is 3.75. The monoisotopic (exact) mass is 312 g/mol. The van der Waals surface area contributed by atoms with Crippen molar-refractivity contribution in [3.8, 4) is 0 Å². The van der Waals surface area contributed by atoms with Crippen LogP contribution in [0.5, 0.6) is 0 Å². The molecule has 3 nitrogen and oxygen atoms in total. The summed E-state index contributed by atoms with van der Waals surface area (Å²) in [5.41, 5.74) is 2.18. The normalized spacial score (nSPS) is 28.1. The van der Waals surface area contributed by atoms with E-state index in [0.717, 1.165) is 41.9 Å². The lowest BCUT2D eigenvalue weighted by atomic mass is 9.90. The van der Waals surface area contributed by atoms with Crippen LogP contribution in [0.1, 0.15) is 38.8 Å². The van der Waals surface area contributed by atoms with Gasteiger partial charge in [0.15, 0.2) is 0 Å². The quantitative estimate of drug-likeness (QED) is 0.859. The zero-order chi connectivity index (χ0) is 13.2. The lowest BCUT2D eigenvalue weighted by Gasteiger charge is -2.38. The van der Waals surface area contributed by atoms with Gasteiger partial charge < -0.3 is 10.1 Å². The highest BCUT2D eigenvalue weighted by molar-refractivity contribution is 9.10. The van der Waals surface area contributed by atoms with Crippen LogP contribution in [0.3, 0.4) is 0 Å². The molecule has 2 rings (SSSR count). The fourth-order valence-corrected chi connectivity index (χ4v) is 2.80. The van der Waals surface area contributed by atoms with Gasteiger partial charge in [0.1, 0.15) is 4.60 Å².